The zero-order valence-corrected chi connectivity index (χ0v) is 15.9. The average molecular weight is 416 g/mol. The third kappa shape index (κ3) is 7.45. The molecule has 22 heavy (non-hydrogen) atoms. The van der Waals surface area contributed by atoms with Crippen molar-refractivity contribution in [3.63, 3.8) is 0 Å². The maximum absolute atomic E-state index is 4.28. The lowest BCUT2D eigenvalue weighted by Crippen LogP contribution is -2.41. The highest BCUT2D eigenvalue weighted by atomic mass is 127. The lowest BCUT2D eigenvalue weighted by molar-refractivity contribution is 0.289. The number of benzene rings is 1. The van der Waals surface area contributed by atoms with Crippen molar-refractivity contribution in [3.8, 4) is 0 Å². The molecule has 1 fully saturated rings. The second kappa shape index (κ2) is 11.7. The van der Waals surface area contributed by atoms with E-state index in [2.05, 4.69) is 44.8 Å². The predicted molar refractivity (Wildman–Crippen MR) is 105 cm³/mol. The number of nitrogens with one attached hydrogen (secondary N) is 2. The Morgan fingerprint density at radius 3 is 2.36 bits per heavy atom. The molecule has 0 amide bonds. The Bertz CT molecular complexity index is 414. The topological polar surface area (TPSA) is 39.7 Å². The highest BCUT2D eigenvalue weighted by Crippen LogP contribution is 2.08. The van der Waals surface area contributed by atoms with E-state index in [0.717, 1.165) is 25.6 Å². The molecule has 4 nitrogen and oxygen atoms in total. The maximum atomic E-state index is 4.28. The second-order valence-electron chi connectivity index (χ2n) is 5.59. The van der Waals surface area contributed by atoms with Gasteiger partial charge < -0.3 is 15.5 Å². The van der Waals surface area contributed by atoms with Gasteiger partial charge in [0.05, 0.1) is 0 Å². The fourth-order valence-corrected chi connectivity index (χ4v) is 2.69. The van der Waals surface area contributed by atoms with Crippen LogP contribution in [0.25, 0.3) is 0 Å². The van der Waals surface area contributed by atoms with Crippen molar-refractivity contribution in [1.29, 1.82) is 0 Å². The summed E-state index contributed by atoms with van der Waals surface area (Å²) in [6.45, 7) is 5.36. The molecule has 0 aromatic heterocycles. The molecule has 0 aliphatic carbocycles. The van der Waals surface area contributed by atoms with Crippen molar-refractivity contribution in [3.05, 3.63) is 35.9 Å². The van der Waals surface area contributed by atoms with Gasteiger partial charge in [0, 0.05) is 26.7 Å². The van der Waals surface area contributed by atoms with E-state index in [4.69, 9.17) is 0 Å². The quantitative estimate of drug-likeness (QED) is 0.441. The molecule has 0 radical (unpaired) electrons. The Balaban J connectivity index is 0.00000242. The van der Waals surface area contributed by atoms with E-state index in [0.29, 0.717) is 0 Å². The standard InChI is InChI=1S/C17H28N4.HI/c1-18-17(20-15-16-9-5-4-6-10-16)19-11-14-21-12-7-2-3-8-13-21;/h4-6,9-10H,2-3,7-8,11-15H2,1H3,(H2,18,19,20);1H. The van der Waals surface area contributed by atoms with Gasteiger partial charge in [-0.3, -0.25) is 4.99 Å². The molecular formula is C17H29IN4. The number of aliphatic imine (C=N–C) groups is 1. The molecule has 5 heteroatoms. The molecule has 1 aliphatic rings. The van der Waals surface area contributed by atoms with E-state index in [1.807, 2.05) is 13.1 Å². The van der Waals surface area contributed by atoms with Gasteiger partial charge in [0.15, 0.2) is 5.96 Å². The summed E-state index contributed by atoms with van der Waals surface area (Å²) in [6.07, 6.45) is 5.48. The normalized spacial score (nSPS) is 16.5. The summed E-state index contributed by atoms with van der Waals surface area (Å²) in [5.74, 6) is 0.883. The van der Waals surface area contributed by atoms with E-state index in [-0.39, 0.29) is 24.0 Å². The Hall–Kier alpha value is -0.820. The van der Waals surface area contributed by atoms with Gasteiger partial charge in [0.1, 0.15) is 0 Å². The van der Waals surface area contributed by atoms with E-state index in [1.54, 1.807) is 0 Å². The molecule has 124 valence electrons. The summed E-state index contributed by atoms with van der Waals surface area (Å²) in [6, 6.07) is 10.4. The molecule has 1 saturated heterocycles. The van der Waals surface area contributed by atoms with E-state index in [9.17, 15) is 0 Å². The molecule has 0 unspecified atom stereocenters. The van der Waals surface area contributed by atoms with Gasteiger partial charge in [-0.25, -0.2) is 0 Å². The fourth-order valence-electron chi connectivity index (χ4n) is 2.69. The number of halogens is 1. The van der Waals surface area contributed by atoms with Gasteiger partial charge in [-0.2, -0.15) is 0 Å². The molecule has 1 aromatic carbocycles. The van der Waals surface area contributed by atoms with Crippen molar-refractivity contribution < 1.29 is 0 Å². The van der Waals surface area contributed by atoms with Crippen molar-refractivity contribution >= 4 is 29.9 Å². The van der Waals surface area contributed by atoms with Crippen LogP contribution in [0, 0.1) is 0 Å². The minimum atomic E-state index is 0. The Morgan fingerprint density at radius 2 is 1.73 bits per heavy atom. The van der Waals surface area contributed by atoms with Crippen molar-refractivity contribution in [2.24, 2.45) is 4.99 Å². The SMILES string of the molecule is CN=C(NCCN1CCCCCC1)NCc1ccccc1.I. The lowest BCUT2D eigenvalue weighted by atomic mass is 10.2. The van der Waals surface area contributed by atoms with Crippen molar-refractivity contribution in [1.82, 2.24) is 15.5 Å². The number of guanidine groups is 1. The van der Waals surface area contributed by atoms with Gasteiger partial charge in [0.2, 0.25) is 0 Å². The number of likely N-dealkylation sites (tertiary alicyclic amines) is 1. The van der Waals surface area contributed by atoms with Crippen LogP contribution in [0.3, 0.4) is 0 Å². The van der Waals surface area contributed by atoms with Gasteiger partial charge in [0.25, 0.3) is 0 Å². The van der Waals surface area contributed by atoms with E-state index in [1.165, 1.54) is 44.3 Å². The van der Waals surface area contributed by atoms with Crippen LogP contribution in [-0.2, 0) is 6.54 Å². The first-order valence-corrected chi connectivity index (χ1v) is 8.09. The molecule has 1 heterocycles. The van der Waals surface area contributed by atoms with Gasteiger partial charge in [-0.05, 0) is 31.5 Å². The first-order valence-electron chi connectivity index (χ1n) is 8.09. The lowest BCUT2D eigenvalue weighted by Gasteiger charge is -2.20. The number of hydrogen-bond acceptors (Lipinski definition) is 2. The predicted octanol–water partition coefficient (Wildman–Crippen LogP) is 2.85. The zero-order chi connectivity index (χ0) is 14.8. The van der Waals surface area contributed by atoms with Crippen LogP contribution in [0.5, 0.6) is 0 Å². The van der Waals surface area contributed by atoms with Crippen LogP contribution in [0.1, 0.15) is 31.2 Å². The van der Waals surface area contributed by atoms with Gasteiger partial charge in [-0.15, -0.1) is 24.0 Å². The molecule has 2 N–H and O–H groups in total. The zero-order valence-electron chi connectivity index (χ0n) is 13.6. The van der Waals surface area contributed by atoms with Crippen LogP contribution in [0.4, 0.5) is 0 Å². The van der Waals surface area contributed by atoms with Crippen molar-refractivity contribution in [2.45, 2.75) is 32.2 Å². The summed E-state index contributed by atoms with van der Waals surface area (Å²) < 4.78 is 0. The highest BCUT2D eigenvalue weighted by Gasteiger charge is 2.08. The minimum Gasteiger partial charge on any atom is -0.355 e. The molecular weight excluding hydrogens is 387 g/mol. The van der Waals surface area contributed by atoms with E-state index >= 15 is 0 Å². The van der Waals surface area contributed by atoms with Crippen LogP contribution in [-0.4, -0.2) is 44.1 Å². The van der Waals surface area contributed by atoms with Gasteiger partial charge >= 0.3 is 0 Å². The van der Waals surface area contributed by atoms with Crippen LogP contribution in [0.2, 0.25) is 0 Å². The average Bonchev–Trinajstić information content (AvgIpc) is 2.80. The van der Waals surface area contributed by atoms with Crippen LogP contribution in [0.15, 0.2) is 35.3 Å². The summed E-state index contributed by atoms with van der Waals surface area (Å²) >= 11 is 0. The molecule has 1 aromatic rings. The van der Waals surface area contributed by atoms with Crippen molar-refractivity contribution in [2.75, 3.05) is 33.2 Å². The molecule has 0 atom stereocenters. The summed E-state index contributed by atoms with van der Waals surface area (Å²) in [7, 11) is 1.83. The summed E-state index contributed by atoms with van der Waals surface area (Å²) in [4.78, 5) is 6.84. The smallest absolute Gasteiger partial charge is 0.191 e. The largest absolute Gasteiger partial charge is 0.355 e. The Kier molecular flexibility index (Phi) is 10.2. The first-order chi connectivity index (χ1) is 10.4. The number of nitrogens with zero attached hydrogens (tertiary/aromatic N) is 2. The Labute approximate surface area is 151 Å². The Morgan fingerprint density at radius 1 is 1.05 bits per heavy atom. The molecule has 0 saturated carbocycles. The maximum Gasteiger partial charge on any atom is 0.191 e. The highest BCUT2D eigenvalue weighted by molar-refractivity contribution is 14.0. The summed E-state index contributed by atoms with van der Waals surface area (Å²) in [5, 5.41) is 6.76. The number of hydrogen-bond donors (Lipinski definition) is 2. The third-order valence-corrected chi connectivity index (χ3v) is 3.95. The van der Waals surface area contributed by atoms with Crippen LogP contribution < -0.4 is 10.6 Å². The first kappa shape index (κ1) is 19.2. The third-order valence-electron chi connectivity index (χ3n) is 3.95. The van der Waals surface area contributed by atoms with E-state index < -0.39 is 0 Å². The summed E-state index contributed by atoms with van der Waals surface area (Å²) in [5.41, 5.74) is 1.27. The molecule has 0 spiro atoms. The minimum absolute atomic E-state index is 0. The van der Waals surface area contributed by atoms with Crippen LogP contribution >= 0.6 is 24.0 Å². The second-order valence-corrected chi connectivity index (χ2v) is 5.59. The molecule has 0 bridgehead atoms. The number of rotatable bonds is 5. The van der Waals surface area contributed by atoms with Gasteiger partial charge in [-0.1, -0.05) is 43.2 Å². The fraction of sp³-hybridized carbons (Fsp3) is 0.588. The monoisotopic (exact) mass is 416 g/mol. The molecule has 2 rings (SSSR count). The molecule has 1 aliphatic heterocycles.